The van der Waals surface area contributed by atoms with Crippen molar-refractivity contribution in [3.63, 3.8) is 0 Å². The minimum Gasteiger partial charge on any atom is -0.464 e. The van der Waals surface area contributed by atoms with E-state index in [1.165, 1.54) is 39.6 Å². The first-order valence-corrected chi connectivity index (χ1v) is 16.2. The third-order valence-electron chi connectivity index (χ3n) is 8.60. The van der Waals surface area contributed by atoms with E-state index in [9.17, 15) is 23.1 Å². The molecule has 3 aromatic carbocycles. The lowest BCUT2D eigenvalue weighted by Gasteiger charge is -2.37. The molecule has 4 aromatic rings. The molecular formula is C37H39ClF3N5O5. The second kappa shape index (κ2) is 16.8. The fourth-order valence-electron chi connectivity index (χ4n) is 5.54. The lowest BCUT2D eigenvalue weighted by atomic mass is 9.76. The first-order chi connectivity index (χ1) is 24.2. The molecule has 1 saturated carbocycles. The number of benzene rings is 3. The normalized spacial score (nSPS) is 18.2. The van der Waals surface area contributed by atoms with Gasteiger partial charge >= 0.3 is 12.1 Å². The van der Waals surface area contributed by atoms with E-state index < -0.39 is 23.3 Å². The van der Waals surface area contributed by atoms with E-state index in [1.54, 1.807) is 35.3 Å². The Morgan fingerprint density at radius 3 is 2.43 bits per heavy atom. The zero-order valence-corrected chi connectivity index (χ0v) is 29.6. The van der Waals surface area contributed by atoms with Gasteiger partial charge in [-0.3, -0.25) is 0 Å². The average molecular weight is 726 g/mol. The van der Waals surface area contributed by atoms with Gasteiger partial charge in [-0.05, 0) is 66.1 Å². The van der Waals surface area contributed by atoms with Gasteiger partial charge in [-0.25, -0.2) is 14.5 Å². The Morgan fingerprint density at radius 2 is 1.78 bits per heavy atom. The number of esters is 1. The van der Waals surface area contributed by atoms with Crippen LogP contribution in [-0.2, 0) is 38.5 Å². The van der Waals surface area contributed by atoms with Crippen molar-refractivity contribution in [2.75, 3.05) is 14.2 Å². The van der Waals surface area contributed by atoms with Crippen molar-refractivity contribution >= 4 is 35.1 Å². The third kappa shape index (κ3) is 9.83. The van der Waals surface area contributed by atoms with Crippen LogP contribution < -0.4 is 0 Å². The summed E-state index contributed by atoms with van der Waals surface area (Å²) in [6.07, 6.45) is 2.59. The Labute approximate surface area is 299 Å². The van der Waals surface area contributed by atoms with Crippen LogP contribution in [0.4, 0.5) is 13.2 Å². The van der Waals surface area contributed by atoms with Crippen molar-refractivity contribution in [1.82, 2.24) is 14.8 Å². The molecular weight excluding hydrogens is 687 g/mol. The molecule has 1 aromatic heterocycles. The quantitative estimate of drug-likeness (QED) is 0.101. The van der Waals surface area contributed by atoms with Gasteiger partial charge in [-0.1, -0.05) is 90.4 Å². The number of alkyl halides is 3. The average Bonchev–Trinajstić information content (AvgIpc) is 3.69. The summed E-state index contributed by atoms with van der Waals surface area (Å²) in [5.41, 5.74) is 1.67. The second-order valence-electron chi connectivity index (χ2n) is 12.4. The molecule has 14 heteroatoms. The standard InChI is InChI=1S/C20H19F3N2O4.C17H20ClN3O/c1-13(14-8-6-9-16(11-14)20(21,22)23)24-29-12-15-7-4-5-10-17(15)18(25-28-3)19(26)27-2;1-16(2)8-7-14(9-13-3-5-15(18)6-4-13)17(16,22)10-21-12-19-11-20-21/h4-11H,12H2,1-3H3;3-6,9,11-12,22H,7-8,10H2,1-2H3/b24-13+,25-18+;14-9+. The fraction of sp³-hybridized carbons (Fsp3) is 0.324. The van der Waals surface area contributed by atoms with Gasteiger partial charge in [-0.2, -0.15) is 18.3 Å². The molecule has 0 bridgehead atoms. The van der Waals surface area contributed by atoms with Crippen LogP contribution in [0.1, 0.15) is 61.4 Å². The molecule has 0 amide bonds. The topological polar surface area (TPSA) is 120 Å². The number of methoxy groups -OCH3 is 1. The maximum Gasteiger partial charge on any atom is 0.416 e. The van der Waals surface area contributed by atoms with Crippen molar-refractivity contribution < 1.29 is 37.5 Å². The van der Waals surface area contributed by atoms with E-state index >= 15 is 0 Å². The van der Waals surface area contributed by atoms with Crippen LogP contribution in [0.15, 0.2) is 101 Å². The Kier molecular flexibility index (Phi) is 12.8. The molecule has 0 aliphatic heterocycles. The Morgan fingerprint density at radius 1 is 1.06 bits per heavy atom. The van der Waals surface area contributed by atoms with Crippen LogP contribution in [0, 0.1) is 5.41 Å². The zero-order chi connectivity index (χ0) is 37.2. The predicted molar refractivity (Wildman–Crippen MR) is 188 cm³/mol. The first-order valence-electron chi connectivity index (χ1n) is 15.8. The molecule has 1 unspecified atom stereocenters. The molecule has 270 valence electrons. The lowest BCUT2D eigenvalue weighted by molar-refractivity contribution is -0.137. The van der Waals surface area contributed by atoms with E-state index in [-0.39, 0.29) is 29.0 Å². The fourth-order valence-corrected chi connectivity index (χ4v) is 5.67. The van der Waals surface area contributed by atoms with Crippen LogP contribution in [0.25, 0.3) is 6.08 Å². The number of hydrogen-bond acceptors (Lipinski definition) is 9. The zero-order valence-electron chi connectivity index (χ0n) is 28.8. The van der Waals surface area contributed by atoms with E-state index in [1.807, 2.05) is 24.3 Å². The molecule has 0 spiro atoms. The summed E-state index contributed by atoms with van der Waals surface area (Å²) in [6.45, 7) is 6.11. The number of aliphatic hydroxyl groups is 1. The van der Waals surface area contributed by atoms with Gasteiger partial charge < -0.3 is 19.5 Å². The van der Waals surface area contributed by atoms with E-state index in [2.05, 4.69) is 40.3 Å². The van der Waals surface area contributed by atoms with E-state index in [0.29, 0.717) is 22.7 Å². The van der Waals surface area contributed by atoms with Crippen molar-refractivity contribution in [2.45, 2.75) is 58.5 Å². The number of rotatable bonds is 10. The summed E-state index contributed by atoms with van der Waals surface area (Å²) in [5, 5.41) is 23.8. The molecule has 0 saturated heterocycles. The van der Waals surface area contributed by atoms with Crippen LogP contribution in [-0.4, -0.2) is 57.1 Å². The van der Waals surface area contributed by atoms with Gasteiger partial charge in [0.1, 0.15) is 32.0 Å². The number of hydrogen-bond donors (Lipinski definition) is 1. The summed E-state index contributed by atoms with van der Waals surface area (Å²) in [4.78, 5) is 25.9. The highest BCUT2D eigenvalue weighted by Crippen LogP contribution is 2.50. The molecule has 1 atom stereocenters. The SMILES string of the molecule is CC1(C)CC/C(=C\c2ccc(Cl)cc2)C1(O)Cn1cncn1.CO/N=C(/C(=O)OC)c1ccccc1CO/N=C(\C)c1cccc(C(F)(F)F)c1. The number of aromatic nitrogens is 3. The molecule has 1 heterocycles. The molecule has 1 fully saturated rings. The summed E-state index contributed by atoms with van der Waals surface area (Å²) in [7, 11) is 2.51. The molecule has 1 aliphatic carbocycles. The maximum absolute atomic E-state index is 12.9. The minimum absolute atomic E-state index is 0.0484. The summed E-state index contributed by atoms with van der Waals surface area (Å²) in [5.74, 6) is -0.692. The van der Waals surface area contributed by atoms with Crippen LogP contribution in [0.3, 0.4) is 0 Å². The highest BCUT2D eigenvalue weighted by molar-refractivity contribution is 6.43. The number of halogens is 4. The highest BCUT2D eigenvalue weighted by atomic mass is 35.5. The molecule has 10 nitrogen and oxygen atoms in total. The minimum atomic E-state index is -4.44. The Bertz CT molecular complexity index is 1880. The molecule has 0 radical (unpaired) electrons. The first kappa shape index (κ1) is 38.8. The maximum atomic E-state index is 12.9. The molecule has 1 N–H and O–H groups in total. The number of ether oxygens (including phenoxy) is 1. The summed E-state index contributed by atoms with van der Waals surface area (Å²) >= 11 is 5.94. The van der Waals surface area contributed by atoms with Crippen molar-refractivity contribution in [2.24, 2.45) is 15.7 Å². The Hall–Kier alpha value is -5.01. The number of carbonyl (C=O) groups excluding carboxylic acids is 1. The lowest BCUT2D eigenvalue weighted by Crippen LogP contribution is -2.45. The van der Waals surface area contributed by atoms with Crippen molar-refractivity contribution in [1.29, 1.82) is 0 Å². The largest absolute Gasteiger partial charge is 0.464 e. The van der Waals surface area contributed by atoms with Gasteiger partial charge in [0, 0.05) is 16.1 Å². The third-order valence-corrected chi connectivity index (χ3v) is 8.85. The highest BCUT2D eigenvalue weighted by Gasteiger charge is 2.51. The molecule has 5 rings (SSSR count). The van der Waals surface area contributed by atoms with Crippen molar-refractivity contribution in [3.8, 4) is 0 Å². The summed E-state index contributed by atoms with van der Waals surface area (Å²) < 4.78 is 45.0. The van der Waals surface area contributed by atoms with Gasteiger partial charge in [0.25, 0.3) is 0 Å². The van der Waals surface area contributed by atoms with Crippen molar-refractivity contribution in [3.05, 3.63) is 124 Å². The van der Waals surface area contributed by atoms with Crippen LogP contribution in [0.5, 0.6) is 0 Å². The summed E-state index contributed by atoms with van der Waals surface area (Å²) in [6, 6.07) is 19.2. The van der Waals surface area contributed by atoms with E-state index in [0.717, 1.165) is 36.1 Å². The van der Waals surface area contributed by atoms with E-state index in [4.69, 9.17) is 26.0 Å². The molecule has 1 aliphatic rings. The monoisotopic (exact) mass is 725 g/mol. The number of oxime groups is 2. The second-order valence-corrected chi connectivity index (χ2v) is 12.8. The predicted octanol–water partition coefficient (Wildman–Crippen LogP) is 7.74. The van der Waals surface area contributed by atoms with Crippen LogP contribution in [0.2, 0.25) is 5.02 Å². The van der Waals surface area contributed by atoms with Gasteiger partial charge in [-0.15, -0.1) is 0 Å². The molecule has 51 heavy (non-hydrogen) atoms. The number of nitrogens with zero attached hydrogens (tertiary/aromatic N) is 5. The van der Waals surface area contributed by atoms with Gasteiger partial charge in [0.15, 0.2) is 5.71 Å². The van der Waals surface area contributed by atoms with Crippen LogP contribution >= 0.6 is 11.6 Å². The van der Waals surface area contributed by atoms with Gasteiger partial charge in [0.05, 0.1) is 24.9 Å². The smallest absolute Gasteiger partial charge is 0.416 e. The Balaban J connectivity index is 0.000000237. The number of carbonyl (C=O) groups is 1. The van der Waals surface area contributed by atoms with Gasteiger partial charge in [0.2, 0.25) is 0 Å².